The minimum atomic E-state index is 0.834. The average Bonchev–Trinajstić information content (AvgIpc) is 2.29. The highest BCUT2D eigenvalue weighted by atomic mass is 16.5. The second-order valence-electron chi connectivity index (χ2n) is 3.59. The van der Waals surface area contributed by atoms with Crippen LogP contribution in [0.3, 0.4) is 0 Å². The molecule has 0 fully saturated rings. The van der Waals surface area contributed by atoms with Gasteiger partial charge >= 0.3 is 0 Å². The van der Waals surface area contributed by atoms with E-state index in [1.54, 1.807) is 0 Å². The van der Waals surface area contributed by atoms with Crippen molar-refractivity contribution >= 4 is 5.69 Å². The minimum absolute atomic E-state index is 0.834. The van der Waals surface area contributed by atoms with Crippen molar-refractivity contribution < 1.29 is 4.74 Å². The predicted molar refractivity (Wildman–Crippen MR) is 54.6 cm³/mol. The molecule has 2 rings (SSSR count). The monoisotopic (exact) mass is 177 g/mol. The zero-order valence-electron chi connectivity index (χ0n) is 8.21. The Morgan fingerprint density at radius 3 is 3.08 bits per heavy atom. The standard InChI is InChI=1S/C11H15NO/c1-9-4-5-11-10(8-9)12(2)6-3-7-13-11/h4-5,8H,3,6-7H2,1-2H3. The number of hydrogen-bond donors (Lipinski definition) is 0. The molecule has 70 valence electrons. The Balaban J connectivity index is 2.43. The highest BCUT2D eigenvalue weighted by Crippen LogP contribution is 2.30. The van der Waals surface area contributed by atoms with Gasteiger partial charge in [-0.15, -0.1) is 0 Å². The minimum Gasteiger partial charge on any atom is -0.491 e. The van der Waals surface area contributed by atoms with Gasteiger partial charge in [0.05, 0.1) is 12.3 Å². The van der Waals surface area contributed by atoms with Crippen LogP contribution in [-0.2, 0) is 0 Å². The highest BCUT2D eigenvalue weighted by molar-refractivity contribution is 5.59. The molecule has 2 heteroatoms. The fourth-order valence-corrected chi connectivity index (χ4v) is 1.65. The molecule has 0 N–H and O–H groups in total. The summed E-state index contributed by atoms with van der Waals surface area (Å²) in [5.74, 6) is 1.02. The van der Waals surface area contributed by atoms with Gasteiger partial charge < -0.3 is 9.64 Å². The van der Waals surface area contributed by atoms with E-state index in [0.29, 0.717) is 0 Å². The van der Waals surface area contributed by atoms with Crippen LogP contribution in [0.25, 0.3) is 0 Å². The van der Waals surface area contributed by atoms with Crippen LogP contribution < -0.4 is 9.64 Å². The Hall–Kier alpha value is -1.18. The van der Waals surface area contributed by atoms with Crippen LogP contribution in [0.5, 0.6) is 5.75 Å². The molecule has 1 aromatic rings. The van der Waals surface area contributed by atoms with Crippen LogP contribution in [-0.4, -0.2) is 20.2 Å². The number of anilines is 1. The molecule has 1 heterocycles. The number of aryl methyl sites for hydroxylation is 1. The van der Waals surface area contributed by atoms with E-state index >= 15 is 0 Å². The molecule has 0 atom stereocenters. The van der Waals surface area contributed by atoms with Gasteiger partial charge in [-0.3, -0.25) is 0 Å². The van der Waals surface area contributed by atoms with Crippen LogP contribution in [0.15, 0.2) is 18.2 Å². The van der Waals surface area contributed by atoms with E-state index < -0.39 is 0 Å². The average molecular weight is 177 g/mol. The summed E-state index contributed by atoms with van der Waals surface area (Å²) in [5.41, 5.74) is 2.51. The number of hydrogen-bond acceptors (Lipinski definition) is 2. The fraction of sp³-hybridized carbons (Fsp3) is 0.455. The molecule has 0 spiro atoms. The first kappa shape index (κ1) is 8.42. The summed E-state index contributed by atoms with van der Waals surface area (Å²) in [6.07, 6.45) is 1.10. The molecule has 0 aromatic heterocycles. The molecule has 0 radical (unpaired) electrons. The predicted octanol–water partition coefficient (Wildman–Crippen LogP) is 2.21. The van der Waals surface area contributed by atoms with Crippen molar-refractivity contribution in [3.05, 3.63) is 23.8 Å². The molecular weight excluding hydrogens is 162 g/mol. The van der Waals surface area contributed by atoms with E-state index in [4.69, 9.17) is 4.74 Å². The Bertz CT molecular complexity index is 309. The smallest absolute Gasteiger partial charge is 0.142 e. The highest BCUT2D eigenvalue weighted by Gasteiger charge is 2.12. The fourth-order valence-electron chi connectivity index (χ4n) is 1.65. The SMILES string of the molecule is Cc1ccc2c(c1)N(C)CCCO2. The third kappa shape index (κ3) is 1.62. The summed E-state index contributed by atoms with van der Waals surface area (Å²) in [6.45, 7) is 4.02. The quantitative estimate of drug-likeness (QED) is 0.602. The second kappa shape index (κ2) is 3.29. The molecule has 0 aliphatic carbocycles. The van der Waals surface area contributed by atoms with E-state index in [2.05, 4.69) is 37.1 Å². The molecule has 1 aliphatic rings. The molecule has 0 saturated carbocycles. The van der Waals surface area contributed by atoms with Crippen molar-refractivity contribution in [2.45, 2.75) is 13.3 Å². The second-order valence-corrected chi connectivity index (χ2v) is 3.59. The van der Waals surface area contributed by atoms with Crippen molar-refractivity contribution in [3.63, 3.8) is 0 Å². The van der Waals surface area contributed by atoms with Crippen molar-refractivity contribution in [3.8, 4) is 5.75 Å². The molecule has 2 nitrogen and oxygen atoms in total. The molecular formula is C11H15NO. The van der Waals surface area contributed by atoms with Gasteiger partial charge in [0, 0.05) is 13.6 Å². The Labute approximate surface area is 79.1 Å². The van der Waals surface area contributed by atoms with Gasteiger partial charge in [-0.25, -0.2) is 0 Å². The van der Waals surface area contributed by atoms with Crippen molar-refractivity contribution in [2.75, 3.05) is 25.1 Å². The van der Waals surface area contributed by atoms with E-state index in [-0.39, 0.29) is 0 Å². The number of ether oxygens (including phenoxy) is 1. The van der Waals surface area contributed by atoms with Crippen molar-refractivity contribution in [1.82, 2.24) is 0 Å². The maximum atomic E-state index is 5.63. The first-order valence-corrected chi connectivity index (χ1v) is 4.72. The normalized spacial score (nSPS) is 16.0. The van der Waals surface area contributed by atoms with Gasteiger partial charge in [0.2, 0.25) is 0 Å². The van der Waals surface area contributed by atoms with E-state index in [1.165, 1.54) is 11.3 Å². The van der Waals surface area contributed by atoms with Gasteiger partial charge in [-0.05, 0) is 31.0 Å². The van der Waals surface area contributed by atoms with Crippen LogP contribution in [0.2, 0.25) is 0 Å². The maximum Gasteiger partial charge on any atom is 0.142 e. The number of fused-ring (bicyclic) bond motifs is 1. The Morgan fingerprint density at radius 1 is 1.38 bits per heavy atom. The number of benzene rings is 1. The van der Waals surface area contributed by atoms with Gasteiger partial charge in [0.1, 0.15) is 5.75 Å². The summed E-state index contributed by atoms with van der Waals surface area (Å²) in [7, 11) is 2.12. The lowest BCUT2D eigenvalue weighted by molar-refractivity contribution is 0.322. The summed E-state index contributed by atoms with van der Waals surface area (Å²) >= 11 is 0. The summed E-state index contributed by atoms with van der Waals surface area (Å²) in [5, 5.41) is 0. The van der Waals surface area contributed by atoms with Crippen molar-refractivity contribution in [1.29, 1.82) is 0 Å². The van der Waals surface area contributed by atoms with E-state index in [1.807, 2.05) is 0 Å². The summed E-state index contributed by atoms with van der Waals surface area (Å²) < 4.78 is 5.63. The van der Waals surface area contributed by atoms with Gasteiger partial charge in [-0.2, -0.15) is 0 Å². The molecule has 0 saturated heterocycles. The lowest BCUT2D eigenvalue weighted by Crippen LogP contribution is -2.17. The van der Waals surface area contributed by atoms with Gasteiger partial charge in [0.25, 0.3) is 0 Å². The van der Waals surface area contributed by atoms with E-state index in [0.717, 1.165) is 25.3 Å². The lowest BCUT2D eigenvalue weighted by atomic mass is 10.2. The third-order valence-electron chi connectivity index (χ3n) is 2.42. The third-order valence-corrected chi connectivity index (χ3v) is 2.42. The first-order valence-electron chi connectivity index (χ1n) is 4.72. The van der Waals surface area contributed by atoms with Crippen molar-refractivity contribution in [2.24, 2.45) is 0 Å². The van der Waals surface area contributed by atoms with Crippen LogP contribution >= 0.6 is 0 Å². The zero-order valence-corrected chi connectivity index (χ0v) is 8.21. The zero-order chi connectivity index (χ0) is 9.26. The molecule has 0 unspecified atom stereocenters. The van der Waals surface area contributed by atoms with Gasteiger partial charge in [-0.1, -0.05) is 6.07 Å². The summed E-state index contributed by atoms with van der Waals surface area (Å²) in [4.78, 5) is 2.26. The molecule has 1 aromatic carbocycles. The number of rotatable bonds is 0. The largest absolute Gasteiger partial charge is 0.491 e. The molecule has 0 bridgehead atoms. The molecule has 13 heavy (non-hydrogen) atoms. The Kier molecular flexibility index (Phi) is 2.13. The molecule has 1 aliphatic heterocycles. The van der Waals surface area contributed by atoms with E-state index in [9.17, 15) is 0 Å². The Morgan fingerprint density at radius 2 is 2.23 bits per heavy atom. The number of nitrogens with zero attached hydrogens (tertiary/aromatic N) is 1. The van der Waals surface area contributed by atoms with Crippen LogP contribution in [0.4, 0.5) is 5.69 Å². The van der Waals surface area contributed by atoms with Crippen LogP contribution in [0, 0.1) is 6.92 Å². The topological polar surface area (TPSA) is 12.5 Å². The van der Waals surface area contributed by atoms with Crippen LogP contribution in [0.1, 0.15) is 12.0 Å². The summed E-state index contributed by atoms with van der Waals surface area (Å²) in [6, 6.07) is 6.34. The molecule has 0 amide bonds. The van der Waals surface area contributed by atoms with Gasteiger partial charge in [0.15, 0.2) is 0 Å². The lowest BCUT2D eigenvalue weighted by Gasteiger charge is -2.18. The first-order chi connectivity index (χ1) is 6.27. The maximum absolute atomic E-state index is 5.63.